The van der Waals surface area contributed by atoms with Crippen molar-refractivity contribution in [1.29, 1.82) is 5.26 Å². The van der Waals surface area contributed by atoms with Gasteiger partial charge in [-0.1, -0.05) is 6.07 Å². The summed E-state index contributed by atoms with van der Waals surface area (Å²) < 4.78 is 19.7. The van der Waals surface area contributed by atoms with Gasteiger partial charge in [0.15, 0.2) is 0 Å². The van der Waals surface area contributed by atoms with Crippen LogP contribution in [0.1, 0.15) is 36.6 Å². The molecule has 0 saturated heterocycles. The number of pyridine rings is 1. The van der Waals surface area contributed by atoms with Gasteiger partial charge in [0.1, 0.15) is 23.3 Å². The number of fused-ring (bicyclic) bond motifs is 1. The average Bonchev–Trinajstić information content (AvgIpc) is 2.74. The smallest absolute Gasteiger partial charge is 0.132 e. The maximum absolute atomic E-state index is 13.6. The first kappa shape index (κ1) is 19.9. The topological polar surface area (TPSA) is 69.4 Å². The van der Waals surface area contributed by atoms with Crippen molar-refractivity contribution in [1.82, 2.24) is 4.98 Å². The molecule has 1 N–H and O–H groups in total. The number of nitrogens with zero attached hydrogens (tertiary/aromatic N) is 3. The quantitative estimate of drug-likeness (QED) is 0.700. The third-order valence-electron chi connectivity index (χ3n) is 5.41. The maximum Gasteiger partial charge on any atom is 0.132 e. The van der Waals surface area contributed by atoms with Gasteiger partial charge in [-0.15, -0.1) is 0 Å². The Kier molecular flexibility index (Phi) is 5.15. The van der Waals surface area contributed by atoms with Gasteiger partial charge in [0, 0.05) is 30.2 Å². The fraction of sp³-hybridized carbons (Fsp3) is 0.250. The molecule has 2 atom stereocenters. The molecule has 2 heterocycles. The van der Waals surface area contributed by atoms with E-state index in [2.05, 4.69) is 11.1 Å². The van der Waals surface area contributed by atoms with Gasteiger partial charge in [-0.25, -0.2) is 4.39 Å². The second-order valence-corrected chi connectivity index (χ2v) is 7.93. The van der Waals surface area contributed by atoms with Gasteiger partial charge in [0.2, 0.25) is 0 Å². The number of aromatic nitrogens is 1. The molecule has 0 spiro atoms. The lowest BCUT2D eigenvalue weighted by Crippen LogP contribution is -2.53. The summed E-state index contributed by atoms with van der Waals surface area (Å²) in [4.78, 5) is 6.20. The first-order valence-corrected chi connectivity index (χ1v) is 9.71. The van der Waals surface area contributed by atoms with Crippen LogP contribution in [0.2, 0.25) is 0 Å². The molecule has 0 aliphatic carbocycles. The van der Waals surface area contributed by atoms with Crippen LogP contribution >= 0.6 is 0 Å². The molecule has 0 amide bonds. The van der Waals surface area contributed by atoms with Crippen molar-refractivity contribution in [3.8, 4) is 11.8 Å². The van der Waals surface area contributed by atoms with E-state index in [-0.39, 0.29) is 5.82 Å². The molecule has 0 radical (unpaired) electrons. The summed E-state index contributed by atoms with van der Waals surface area (Å²) in [6.45, 7) is 4.10. The highest BCUT2D eigenvalue weighted by Gasteiger charge is 2.45. The number of halogens is 1. The summed E-state index contributed by atoms with van der Waals surface area (Å²) in [6.07, 6.45) is 2.56. The van der Waals surface area contributed by atoms with Crippen molar-refractivity contribution < 1.29 is 14.2 Å². The van der Waals surface area contributed by atoms with E-state index in [9.17, 15) is 14.8 Å². The zero-order valence-corrected chi connectivity index (χ0v) is 16.8. The predicted molar refractivity (Wildman–Crippen MR) is 111 cm³/mol. The minimum absolute atomic E-state index is 0.333. The Morgan fingerprint density at radius 2 is 1.97 bits per heavy atom. The van der Waals surface area contributed by atoms with Crippen LogP contribution in [0.5, 0.6) is 5.75 Å². The number of nitriles is 1. The first-order chi connectivity index (χ1) is 14.4. The van der Waals surface area contributed by atoms with Crippen molar-refractivity contribution in [2.24, 2.45) is 0 Å². The van der Waals surface area contributed by atoms with Crippen LogP contribution in [0.4, 0.5) is 10.1 Å². The van der Waals surface area contributed by atoms with Crippen LogP contribution in [0.3, 0.4) is 0 Å². The third-order valence-corrected chi connectivity index (χ3v) is 5.41. The lowest BCUT2D eigenvalue weighted by molar-refractivity contribution is -0.0590. The normalized spacial score (nSPS) is 19.3. The van der Waals surface area contributed by atoms with Crippen molar-refractivity contribution in [3.05, 3.63) is 89.5 Å². The fourth-order valence-corrected chi connectivity index (χ4v) is 3.85. The third kappa shape index (κ3) is 3.72. The molecule has 1 unspecified atom stereocenters. The standard InChI is InChI=1S/C24H22FN3O2/c1-24(2)23(29)22(20-12-16(13-26)5-10-21(20)30-24)28(15-17-4-3-11-27-14-17)19-8-6-18(25)7-9-19/h3-12,14,22-23,29H,15H2,1-2H3/t22?,23-/m1/s1. The van der Waals surface area contributed by atoms with Crippen molar-refractivity contribution in [2.75, 3.05) is 4.90 Å². The Labute approximate surface area is 175 Å². The molecule has 0 saturated carbocycles. The Morgan fingerprint density at radius 1 is 1.20 bits per heavy atom. The lowest BCUT2D eigenvalue weighted by Gasteiger charge is -2.47. The molecule has 3 aromatic rings. The van der Waals surface area contributed by atoms with Crippen LogP contribution in [-0.4, -0.2) is 21.8 Å². The Balaban J connectivity index is 1.88. The second kappa shape index (κ2) is 7.77. The van der Waals surface area contributed by atoms with Crippen molar-refractivity contribution in [3.63, 3.8) is 0 Å². The Morgan fingerprint density at radius 3 is 2.63 bits per heavy atom. The molecule has 30 heavy (non-hydrogen) atoms. The molecule has 5 nitrogen and oxygen atoms in total. The number of rotatable bonds is 4. The van der Waals surface area contributed by atoms with E-state index in [1.165, 1.54) is 12.1 Å². The molecule has 1 aromatic heterocycles. The summed E-state index contributed by atoms with van der Waals surface area (Å²) in [5.41, 5.74) is 2.02. The molecular weight excluding hydrogens is 381 g/mol. The number of aliphatic hydroxyl groups is 1. The van der Waals surface area contributed by atoms with Crippen LogP contribution in [0.25, 0.3) is 0 Å². The predicted octanol–water partition coefficient (Wildman–Crippen LogP) is 4.37. The summed E-state index contributed by atoms with van der Waals surface area (Å²) >= 11 is 0. The monoisotopic (exact) mass is 403 g/mol. The molecule has 0 fully saturated rings. The molecular formula is C24H22FN3O2. The molecule has 1 aliphatic rings. The van der Waals surface area contributed by atoms with E-state index in [0.29, 0.717) is 23.4 Å². The number of anilines is 1. The van der Waals surface area contributed by atoms with Gasteiger partial charge < -0.3 is 14.7 Å². The van der Waals surface area contributed by atoms with E-state index in [1.54, 1.807) is 42.7 Å². The zero-order valence-electron chi connectivity index (χ0n) is 16.8. The molecule has 4 rings (SSSR count). The fourth-order valence-electron chi connectivity index (χ4n) is 3.85. The highest BCUT2D eigenvalue weighted by Crippen LogP contribution is 2.45. The van der Waals surface area contributed by atoms with E-state index in [1.807, 2.05) is 30.9 Å². The SMILES string of the molecule is CC1(C)Oc2ccc(C#N)cc2C(N(Cc2cccnc2)c2ccc(F)cc2)[C@H]1O. The molecule has 152 valence electrons. The van der Waals surface area contributed by atoms with Crippen LogP contribution in [0.15, 0.2) is 67.0 Å². The minimum atomic E-state index is -0.902. The van der Waals surface area contributed by atoms with Crippen LogP contribution in [0, 0.1) is 17.1 Å². The van der Waals surface area contributed by atoms with Crippen LogP contribution < -0.4 is 9.64 Å². The van der Waals surface area contributed by atoms with Crippen LogP contribution in [-0.2, 0) is 6.54 Å². The molecule has 1 aliphatic heterocycles. The summed E-state index contributed by atoms with van der Waals surface area (Å²) in [6, 6.07) is 16.8. The van der Waals surface area contributed by atoms with Gasteiger partial charge >= 0.3 is 0 Å². The summed E-state index contributed by atoms with van der Waals surface area (Å²) in [5.74, 6) is 0.285. The maximum atomic E-state index is 13.6. The summed E-state index contributed by atoms with van der Waals surface area (Å²) in [7, 11) is 0. The van der Waals surface area contributed by atoms with Gasteiger partial charge in [0.05, 0.1) is 17.7 Å². The Hall–Kier alpha value is -3.43. The number of hydrogen-bond acceptors (Lipinski definition) is 5. The number of hydrogen-bond donors (Lipinski definition) is 1. The van der Waals surface area contributed by atoms with E-state index < -0.39 is 17.7 Å². The number of ether oxygens (including phenoxy) is 1. The first-order valence-electron chi connectivity index (χ1n) is 9.71. The van der Waals surface area contributed by atoms with Crippen molar-refractivity contribution >= 4 is 5.69 Å². The number of benzene rings is 2. The average molecular weight is 403 g/mol. The van der Waals surface area contributed by atoms with E-state index >= 15 is 0 Å². The molecule has 0 bridgehead atoms. The van der Waals surface area contributed by atoms with E-state index in [0.717, 1.165) is 11.3 Å². The van der Waals surface area contributed by atoms with Gasteiger partial charge in [-0.3, -0.25) is 4.98 Å². The number of aliphatic hydroxyl groups excluding tert-OH is 1. The summed E-state index contributed by atoms with van der Waals surface area (Å²) in [5, 5.41) is 20.7. The zero-order chi connectivity index (χ0) is 21.3. The Bertz CT molecular complexity index is 1080. The minimum Gasteiger partial charge on any atom is -0.485 e. The van der Waals surface area contributed by atoms with Gasteiger partial charge in [-0.05, 0) is 67.9 Å². The highest BCUT2D eigenvalue weighted by atomic mass is 19.1. The highest BCUT2D eigenvalue weighted by molar-refractivity contribution is 5.55. The van der Waals surface area contributed by atoms with Crippen molar-refractivity contribution in [2.45, 2.75) is 38.1 Å². The second-order valence-electron chi connectivity index (χ2n) is 7.93. The van der Waals surface area contributed by atoms with Gasteiger partial charge in [-0.2, -0.15) is 5.26 Å². The lowest BCUT2D eigenvalue weighted by atomic mass is 9.84. The molecule has 2 aromatic carbocycles. The largest absolute Gasteiger partial charge is 0.485 e. The van der Waals surface area contributed by atoms with E-state index in [4.69, 9.17) is 4.74 Å². The molecule has 6 heteroatoms. The van der Waals surface area contributed by atoms with Gasteiger partial charge in [0.25, 0.3) is 0 Å².